The molecular formula is C18H16ClN3O4. The first-order valence-corrected chi connectivity index (χ1v) is 7.97. The number of hydrogen-bond acceptors (Lipinski definition) is 6. The predicted octanol–water partition coefficient (Wildman–Crippen LogP) is 3.14. The molecule has 1 aliphatic rings. The highest BCUT2D eigenvalue weighted by molar-refractivity contribution is 6.54. The number of hydrogen-bond donors (Lipinski definition) is 1. The molecule has 1 aliphatic heterocycles. The van der Waals surface area contributed by atoms with Crippen LogP contribution in [0.1, 0.15) is 11.1 Å². The number of methoxy groups -OCH3 is 3. The van der Waals surface area contributed by atoms with Gasteiger partial charge in [-0.3, -0.25) is 4.79 Å². The molecule has 0 aromatic heterocycles. The van der Waals surface area contributed by atoms with Gasteiger partial charge in [-0.15, -0.1) is 5.10 Å². The van der Waals surface area contributed by atoms with Gasteiger partial charge in [-0.05, 0) is 30.3 Å². The molecule has 0 fully saturated rings. The summed E-state index contributed by atoms with van der Waals surface area (Å²) in [6.07, 6.45) is 1.49. The highest BCUT2D eigenvalue weighted by Crippen LogP contribution is 2.37. The lowest BCUT2D eigenvalue weighted by Gasteiger charge is -2.12. The minimum absolute atomic E-state index is 0.200. The number of anilines is 1. The number of nitrogens with one attached hydrogen (secondary N) is 1. The van der Waals surface area contributed by atoms with Gasteiger partial charge in [0.05, 0.1) is 33.2 Å². The molecule has 26 heavy (non-hydrogen) atoms. The summed E-state index contributed by atoms with van der Waals surface area (Å²) in [4.78, 5) is 12.1. The summed E-state index contributed by atoms with van der Waals surface area (Å²) in [7, 11) is 4.59. The minimum Gasteiger partial charge on any atom is -0.493 e. The predicted molar refractivity (Wildman–Crippen MR) is 100 cm³/mol. The second-order valence-corrected chi connectivity index (χ2v) is 5.73. The molecule has 8 heteroatoms. The molecule has 0 bridgehead atoms. The van der Waals surface area contributed by atoms with Gasteiger partial charge in [0.1, 0.15) is 0 Å². The Balaban J connectivity index is 1.93. The zero-order valence-corrected chi connectivity index (χ0v) is 15.1. The second-order valence-electron chi connectivity index (χ2n) is 5.30. The fourth-order valence-corrected chi connectivity index (χ4v) is 2.73. The van der Waals surface area contributed by atoms with E-state index in [9.17, 15) is 4.79 Å². The molecule has 0 atom stereocenters. The number of halogens is 1. The van der Waals surface area contributed by atoms with Crippen molar-refractivity contribution in [2.75, 3.05) is 26.6 Å². The molecule has 0 saturated heterocycles. The van der Waals surface area contributed by atoms with Crippen LogP contribution in [-0.2, 0) is 4.79 Å². The largest absolute Gasteiger partial charge is 0.493 e. The first kappa shape index (κ1) is 17.8. The van der Waals surface area contributed by atoms with Gasteiger partial charge in [0.15, 0.2) is 17.2 Å². The van der Waals surface area contributed by atoms with Crippen LogP contribution in [-0.4, -0.2) is 39.2 Å². The fourth-order valence-electron chi connectivity index (χ4n) is 2.55. The van der Waals surface area contributed by atoms with E-state index in [1.807, 2.05) is 0 Å². The topological polar surface area (TPSA) is 81.5 Å². The zero-order chi connectivity index (χ0) is 18.7. The van der Waals surface area contributed by atoms with Crippen LogP contribution in [0.15, 0.2) is 40.5 Å². The number of fused-ring (bicyclic) bond motifs is 1. The summed E-state index contributed by atoms with van der Waals surface area (Å²) in [5, 5.41) is 11.3. The number of rotatable bonds is 5. The second kappa shape index (κ2) is 7.45. The smallest absolute Gasteiger partial charge is 0.276 e. The number of carbonyl (C=O) groups is 1. The Kier molecular flexibility index (Phi) is 5.09. The van der Waals surface area contributed by atoms with Crippen molar-refractivity contribution in [3.8, 4) is 17.2 Å². The van der Waals surface area contributed by atoms with Gasteiger partial charge in [-0.2, -0.15) is 5.10 Å². The number of nitrogens with zero attached hydrogens (tertiary/aromatic N) is 2. The van der Waals surface area contributed by atoms with Crippen LogP contribution in [0.3, 0.4) is 0 Å². The lowest BCUT2D eigenvalue weighted by atomic mass is 10.1. The normalized spacial score (nSPS) is 14.5. The van der Waals surface area contributed by atoms with Crippen LogP contribution in [0.2, 0.25) is 5.02 Å². The quantitative estimate of drug-likeness (QED) is 0.644. The number of ether oxygens (including phenoxy) is 3. The van der Waals surface area contributed by atoms with Gasteiger partial charge >= 0.3 is 0 Å². The van der Waals surface area contributed by atoms with Crippen molar-refractivity contribution in [2.24, 2.45) is 10.2 Å². The Morgan fingerprint density at radius 3 is 2.35 bits per heavy atom. The highest BCUT2D eigenvalue weighted by Gasteiger charge is 2.26. The molecule has 7 nitrogen and oxygen atoms in total. The maximum atomic E-state index is 12.1. The summed E-state index contributed by atoms with van der Waals surface area (Å²) >= 11 is 5.99. The third-order valence-corrected chi connectivity index (χ3v) is 3.99. The standard InChI is InChI=1S/C18H16ClN3O4/c1-24-14-6-10(7-15(25-2)17(14)26-3)9-20-22-16-12-8-11(19)4-5-13(12)21-18(16)23/h4-9H,1-3H3,(H,21,22,23)/b20-9-. The Hall–Kier alpha value is -3.06. The summed E-state index contributed by atoms with van der Waals surface area (Å²) in [6.45, 7) is 0. The van der Waals surface area contributed by atoms with E-state index in [1.54, 1.807) is 30.3 Å². The van der Waals surface area contributed by atoms with E-state index in [4.69, 9.17) is 25.8 Å². The maximum absolute atomic E-state index is 12.1. The highest BCUT2D eigenvalue weighted by atomic mass is 35.5. The van der Waals surface area contributed by atoms with Gasteiger partial charge in [0, 0.05) is 16.1 Å². The van der Waals surface area contributed by atoms with E-state index in [-0.39, 0.29) is 11.6 Å². The molecule has 1 N–H and O–H groups in total. The third kappa shape index (κ3) is 3.34. The van der Waals surface area contributed by atoms with E-state index >= 15 is 0 Å². The Morgan fingerprint density at radius 1 is 1.04 bits per heavy atom. The van der Waals surface area contributed by atoms with Gasteiger partial charge < -0.3 is 19.5 Å². The molecule has 0 saturated carbocycles. The molecule has 0 spiro atoms. The third-order valence-electron chi connectivity index (χ3n) is 3.75. The van der Waals surface area contributed by atoms with Crippen LogP contribution in [0.25, 0.3) is 0 Å². The first-order chi connectivity index (χ1) is 12.6. The molecule has 0 aliphatic carbocycles. The Labute approximate surface area is 155 Å². The lowest BCUT2D eigenvalue weighted by Crippen LogP contribution is -2.13. The Morgan fingerprint density at radius 2 is 1.73 bits per heavy atom. The lowest BCUT2D eigenvalue weighted by molar-refractivity contribution is -0.110. The number of benzene rings is 2. The van der Waals surface area contributed by atoms with Crippen LogP contribution in [0.5, 0.6) is 17.2 Å². The molecule has 1 amide bonds. The van der Waals surface area contributed by atoms with E-state index < -0.39 is 0 Å². The monoisotopic (exact) mass is 373 g/mol. The van der Waals surface area contributed by atoms with Gasteiger partial charge in [-0.1, -0.05) is 11.6 Å². The molecule has 0 unspecified atom stereocenters. The summed E-state index contributed by atoms with van der Waals surface area (Å²) in [5.41, 5.74) is 2.14. The van der Waals surface area contributed by atoms with E-state index in [0.29, 0.717) is 39.1 Å². The summed E-state index contributed by atoms with van der Waals surface area (Å²) in [5.74, 6) is 1.15. The van der Waals surface area contributed by atoms with Crippen molar-refractivity contribution >= 4 is 35.1 Å². The van der Waals surface area contributed by atoms with E-state index in [0.717, 1.165) is 0 Å². The molecule has 134 valence electrons. The first-order valence-electron chi connectivity index (χ1n) is 7.59. The maximum Gasteiger partial charge on any atom is 0.276 e. The van der Waals surface area contributed by atoms with Gasteiger partial charge in [0.25, 0.3) is 5.91 Å². The molecular weight excluding hydrogens is 358 g/mol. The van der Waals surface area contributed by atoms with Crippen molar-refractivity contribution in [1.82, 2.24) is 0 Å². The number of carbonyl (C=O) groups excluding carboxylic acids is 1. The molecule has 2 aromatic carbocycles. The SMILES string of the molecule is COc1cc(/C=N\N=C2\C(=O)Nc3ccc(Cl)cc32)cc(OC)c1OC. The van der Waals surface area contributed by atoms with Crippen molar-refractivity contribution in [3.05, 3.63) is 46.5 Å². The average Bonchev–Trinajstić information content (AvgIpc) is 2.95. The van der Waals surface area contributed by atoms with Crippen LogP contribution in [0.4, 0.5) is 5.69 Å². The van der Waals surface area contributed by atoms with Crippen LogP contribution >= 0.6 is 11.6 Å². The molecule has 2 aromatic rings. The molecule has 3 rings (SSSR count). The average molecular weight is 374 g/mol. The van der Waals surface area contributed by atoms with Crippen molar-refractivity contribution in [1.29, 1.82) is 0 Å². The molecule has 0 radical (unpaired) electrons. The van der Waals surface area contributed by atoms with Crippen molar-refractivity contribution < 1.29 is 19.0 Å². The summed E-state index contributed by atoms with van der Waals surface area (Å²) < 4.78 is 15.9. The number of amides is 1. The van der Waals surface area contributed by atoms with Crippen LogP contribution in [0, 0.1) is 0 Å². The van der Waals surface area contributed by atoms with Crippen LogP contribution < -0.4 is 19.5 Å². The summed E-state index contributed by atoms with van der Waals surface area (Å²) in [6, 6.07) is 8.54. The zero-order valence-electron chi connectivity index (χ0n) is 14.4. The Bertz CT molecular complexity index is 900. The van der Waals surface area contributed by atoms with Crippen molar-refractivity contribution in [2.45, 2.75) is 0 Å². The molecule has 1 heterocycles. The van der Waals surface area contributed by atoms with Gasteiger partial charge in [-0.25, -0.2) is 0 Å². The van der Waals surface area contributed by atoms with E-state index in [1.165, 1.54) is 27.5 Å². The minimum atomic E-state index is -0.329. The van der Waals surface area contributed by atoms with E-state index in [2.05, 4.69) is 15.5 Å². The van der Waals surface area contributed by atoms with Crippen molar-refractivity contribution in [3.63, 3.8) is 0 Å². The fraction of sp³-hybridized carbons (Fsp3) is 0.167. The van der Waals surface area contributed by atoms with Gasteiger partial charge in [0.2, 0.25) is 5.75 Å².